The van der Waals surface area contributed by atoms with Gasteiger partial charge in [-0.1, -0.05) is 26.7 Å². The van der Waals surface area contributed by atoms with Crippen LogP contribution in [-0.2, 0) is 10.2 Å². The average Bonchev–Trinajstić information content (AvgIpc) is 2.27. The molecule has 19 heavy (non-hydrogen) atoms. The molecule has 1 N–H and O–H groups in total. The molecule has 0 aliphatic carbocycles. The van der Waals surface area contributed by atoms with Gasteiger partial charge >= 0.3 is 5.97 Å². The molecule has 1 aromatic rings. The second-order valence-electron chi connectivity index (χ2n) is 5.01. The second kappa shape index (κ2) is 5.66. The molecule has 0 aliphatic rings. The molecule has 0 aliphatic heterocycles. The van der Waals surface area contributed by atoms with Gasteiger partial charge in [0.1, 0.15) is 5.75 Å². The van der Waals surface area contributed by atoms with Gasteiger partial charge in [-0.25, -0.2) is 4.79 Å². The van der Waals surface area contributed by atoms with Crippen molar-refractivity contribution in [1.82, 2.24) is 0 Å². The molecule has 0 unspecified atom stereocenters. The summed E-state index contributed by atoms with van der Waals surface area (Å²) >= 11 is 0. The first-order valence-corrected chi connectivity index (χ1v) is 5.86. The summed E-state index contributed by atoms with van der Waals surface area (Å²) < 4.78 is 10.4. The molecule has 0 aromatic heterocycles. The molecule has 1 aromatic carbocycles. The Kier molecular flexibility index (Phi) is 4.44. The summed E-state index contributed by atoms with van der Waals surface area (Å²) in [5.74, 6) is 4.73. The average molecular weight is 262 g/mol. The highest BCUT2D eigenvalue weighted by atomic mass is 16.6. The van der Waals surface area contributed by atoms with Crippen molar-refractivity contribution in [1.29, 1.82) is 0 Å². The van der Waals surface area contributed by atoms with Crippen molar-refractivity contribution in [2.75, 3.05) is 7.11 Å². The lowest BCUT2D eigenvalue weighted by Crippen LogP contribution is -2.16. The van der Waals surface area contributed by atoms with Crippen LogP contribution in [0.1, 0.15) is 33.3 Å². The van der Waals surface area contributed by atoms with Crippen LogP contribution in [0.3, 0.4) is 0 Å². The zero-order valence-electron chi connectivity index (χ0n) is 11.8. The van der Waals surface area contributed by atoms with Gasteiger partial charge in [0.2, 0.25) is 0 Å². The summed E-state index contributed by atoms with van der Waals surface area (Å²) in [7, 11) is 1.47. The van der Waals surface area contributed by atoms with Crippen LogP contribution >= 0.6 is 0 Å². The first-order chi connectivity index (χ1) is 8.81. The number of carbonyl (C=O) groups excluding carboxylic acids is 1. The largest absolute Gasteiger partial charge is 0.508 e. The minimum absolute atomic E-state index is 0.0561. The van der Waals surface area contributed by atoms with E-state index in [0.29, 0.717) is 11.3 Å². The third-order valence-electron chi connectivity index (χ3n) is 2.49. The Morgan fingerprint density at radius 2 is 1.95 bits per heavy atom. The van der Waals surface area contributed by atoms with E-state index in [1.165, 1.54) is 13.2 Å². The van der Waals surface area contributed by atoms with Crippen LogP contribution in [0.4, 0.5) is 0 Å². The van der Waals surface area contributed by atoms with E-state index in [1.54, 1.807) is 13.0 Å². The standard InChI is InChI=1S/C15H18O4/c1-6-7-12(17)19-14-11(18-5)9-8-10(16)13(14)15(2,3)4/h8-9,16H,1-5H3. The van der Waals surface area contributed by atoms with Crippen LogP contribution < -0.4 is 9.47 Å². The van der Waals surface area contributed by atoms with Crippen molar-refractivity contribution in [3.05, 3.63) is 17.7 Å². The maximum atomic E-state index is 11.5. The third kappa shape index (κ3) is 3.41. The number of hydrogen-bond donors (Lipinski definition) is 1. The quantitative estimate of drug-likeness (QED) is 0.385. The molecule has 0 bridgehead atoms. The van der Waals surface area contributed by atoms with Gasteiger partial charge in [-0.15, -0.1) is 0 Å². The number of rotatable bonds is 2. The number of phenolic OH excluding ortho intramolecular Hbond substituents is 1. The number of carbonyl (C=O) groups is 1. The normalized spacial score (nSPS) is 10.4. The number of ether oxygens (including phenoxy) is 2. The highest BCUT2D eigenvalue weighted by molar-refractivity contribution is 5.90. The zero-order valence-corrected chi connectivity index (χ0v) is 11.8. The second-order valence-corrected chi connectivity index (χ2v) is 5.01. The van der Waals surface area contributed by atoms with Gasteiger partial charge in [-0.3, -0.25) is 0 Å². The summed E-state index contributed by atoms with van der Waals surface area (Å²) in [6, 6.07) is 3.06. The molecule has 0 atom stereocenters. The highest BCUT2D eigenvalue weighted by Gasteiger charge is 2.27. The Balaban J connectivity index is 3.42. The minimum Gasteiger partial charge on any atom is -0.508 e. The number of benzene rings is 1. The van der Waals surface area contributed by atoms with Crippen LogP contribution in [0.25, 0.3) is 0 Å². The summed E-state index contributed by atoms with van der Waals surface area (Å²) in [5, 5.41) is 10.0. The molecular formula is C15H18O4. The first kappa shape index (κ1) is 14.9. The third-order valence-corrected chi connectivity index (χ3v) is 2.49. The van der Waals surface area contributed by atoms with Gasteiger partial charge < -0.3 is 14.6 Å². The van der Waals surface area contributed by atoms with Gasteiger partial charge in [0, 0.05) is 11.5 Å². The fourth-order valence-corrected chi connectivity index (χ4v) is 1.76. The first-order valence-electron chi connectivity index (χ1n) is 5.86. The van der Waals surface area contributed by atoms with E-state index in [-0.39, 0.29) is 11.5 Å². The minimum atomic E-state index is -0.683. The molecule has 1 rings (SSSR count). The van der Waals surface area contributed by atoms with Crippen LogP contribution in [0, 0.1) is 11.8 Å². The van der Waals surface area contributed by atoms with Crippen molar-refractivity contribution in [2.45, 2.75) is 33.1 Å². The molecule has 4 nitrogen and oxygen atoms in total. The fourth-order valence-electron chi connectivity index (χ4n) is 1.76. The smallest absolute Gasteiger partial charge is 0.389 e. The lowest BCUT2D eigenvalue weighted by molar-refractivity contribution is -0.128. The van der Waals surface area contributed by atoms with E-state index < -0.39 is 11.4 Å². The molecule has 0 heterocycles. The van der Waals surface area contributed by atoms with E-state index in [9.17, 15) is 9.90 Å². The molecule has 102 valence electrons. The molecule has 0 radical (unpaired) electrons. The highest BCUT2D eigenvalue weighted by Crippen LogP contribution is 2.43. The Labute approximate surface area is 113 Å². The van der Waals surface area contributed by atoms with Crippen molar-refractivity contribution in [2.24, 2.45) is 0 Å². The van der Waals surface area contributed by atoms with E-state index >= 15 is 0 Å². The summed E-state index contributed by atoms with van der Waals surface area (Å²) in [4.78, 5) is 11.5. The maximum absolute atomic E-state index is 11.5. The molecule has 0 amide bonds. The number of methoxy groups -OCH3 is 1. The van der Waals surface area contributed by atoms with Crippen molar-refractivity contribution in [3.63, 3.8) is 0 Å². The number of esters is 1. The van der Waals surface area contributed by atoms with Crippen molar-refractivity contribution >= 4 is 5.97 Å². The molecular weight excluding hydrogens is 244 g/mol. The van der Waals surface area contributed by atoms with Crippen LogP contribution in [-0.4, -0.2) is 18.2 Å². The monoisotopic (exact) mass is 262 g/mol. The molecule has 0 fully saturated rings. The summed E-state index contributed by atoms with van der Waals surface area (Å²) in [6.07, 6.45) is 0. The fraction of sp³-hybridized carbons (Fsp3) is 0.400. The lowest BCUT2D eigenvalue weighted by Gasteiger charge is -2.24. The molecule has 0 saturated carbocycles. The van der Waals surface area contributed by atoms with Gasteiger partial charge in [0.25, 0.3) is 0 Å². The molecule has 0 spiro atoms. The molecule has 0 saturated heterocycles. The predicted molar refractivity (Wildman–Crippen MR) is 72.4 cm³/mol. The zero-order chi connectivity index (χ0) is 14.6. The van der Waals surface area contributed by atoms with Gasteiger partial charge in [0.15, 0.2) is 11.5 Å². The van der Waals surface area contributed by atoms with Crippen LogP contribution in [0.15, 0.2) is 12.1 Å². The topological polar surface area (TPSA) is 55.8 Å². The Morgan fingerprint density at radius 1 is 1.32 bits per heavy atom. The van der Waals surface area contributed by atoms with Crippen molar-refractivity contribution < 1.29 is 19.4 Å². The maximum Gasteiger partial charge on any atom is 0.389 e. The Morgan fingerprint density at radius 3 is 2.42 bits per heavy atom. The lowest BCUT2D eigenvalue weighted by atomic mass is 9.85. The Bertz CT molecular complexity index is 542. The van der Waals surface area contributed by atoms with Crippen LogP contribution in [0.2, 0.25) is 0 Å². The summed E-state index contributed by atoms with van der Waals surface area (Å²) in [6.45, 7) is 7.27. The van der Waals surface area contributed by atoms with Gasteiger partial charge in [-0.05, 0) is 24.5 Å². The number of aromatic hydroxyl groups is 1. The SMILES string of the molecule is CC#CC(=O)Oc1c(OC)ccc(O)c1C(C)(C)C. The van der Waals surface area contributed by atoms with E-state index in [0.717, 1.165) is 0 Å². The van der Waals surface area contributed by atoms with E-state index in [2.05, 4.69) is 11.8 Å². The van der Waals surface area contributed by atoms with Gasteiger partial charge in [0.05, 0.1) is 7.11 Å². The molecule has 4 heteroatoms. The number of phenols is 1. The van der Waals surface area contributed by atoms with Crippen LogP contribution in [0.5, 0.6) is 17.2 Å². The van der Waals surface area contributed by atoms with E-state index in [1.807, 2.05) is 20.8 Å². The van der Waals surface area contributed by atoms with Crippen molar-refractivity contribution in [3.8, 4) is 29.1 Å². The Hall–Kier alpha value is -2.15. The number of hydrogen-bond acceptors (Lipinski definition) is 4. The summed E-state index contributed by atoms with van der Waals surface area (Å²) in [5.41, 5.74) is 0.103. The van der Waals surface area contributed by atoms with E-state index in [4.69, 9.17) is 9.47 Å². The van der Waals surface area contributed by atoms with Gasteiger partial charge in [-0.2, -0.15) is 0 Å². The predicted octanol–water partition coefficient (Wildman–Crippen LogP) is 2.63.